The van der Waals surface area contributed by atoms with Crippen LogP contribution >= 0.6 is 11.3 Å². The van der Waals surface area contributed by atoms with Gasteiger partial charge in [-0.05, 0) is 13.3 Å². The molecule has 2 heterocycles. The number of nitrogens with one attached hydrogen (secondary N) is 1. The first-order valence-electron chi connectivity index (χ1n) is 5.37. The van der Waals surface area contributed by atoms with E-state index in [1.165, 1.54) is 11.3 Å². The molecule has 4 nitrogen and oxygen atoms in total. The fourth-order valence-electron chi connectivity index (χ4n) is 2.08. The maximum Gasteiger partial charge on any atom is 0.230 e. The predicted molar refractivity (Wildman–Crippen MR) is 61.1 cm³/mol. The van der Waals surface area contributed by atoms with E-state index >= 15 is 0 Å². The monoisotopic (exact) mass is 238 g/mol. The highest BCUT2D eigenvalue weighted by Crippen LogP contribution is 2.34. The summed E-state index contributed by atoms with van der Waals surface area (Å²) in [5.74, 6) is -0.502. The number of aryl methyl sites for hydroxylation is 1. The minimum Gasteiger partial charge on any atom is -0.296 e. The Morgan fingerprint density at radius 3 is 2.88 bits per heavy atom. The van der Waals surface area contributed by atoms with Gasteiger partial charge in [0.2, 0.25) is 11.8 Å². The van der Waals surface area contributed by atoms with Crippen LogP contribution in [-0.4, -0.2) is 16.8 Å². The summed E-state index contributed by atoms with van der Waals surface area (Å²) >= 11 is 1.54. The van der Waals surface area contributed by atoms with Gasteiger partial charge in [-0.1, -0.05) is 6.92 Å². The van der Waals surface area contributed by atoms with Crippen LogP contribution in [0.2, 0.25) is 0 Å². The number of hydrogen-bond donors (Lipinski definition) is 1. The van der Waals surface area contributed by atoms with E-state index in [-0.39, 0.29) is 23.7 Å². The summed E-state index contributed by atoms with van der Waals surface area (Å²) in [5.41, 5.74) is 0.952. The summed E-state index contributed by atoms with van der Waals surface area (Å²) in [5, 5.41) is 5.25. The van der Waals surface area contributed by atoms with Crippen molar-refractivity contribution in [1.29, 1.82) is 0 Å². The van der Waals surface area contributed by atoms with E-state index in [9.17, 15) is 9.59 Å². The first-order chi connectivity index (χ1) is 7.61. The van der Waals surface area contributed by atoms with Crippen LogP contribution in [0.5, 0.6) is 0 Å². The molecule has 86 valence electrons. The van der Waals surface area contributed by atoms with Gasteiger partial charge in [0.05, 0.1) is 5.01 Å². The minimum atomic E-state index is -0.187. The second-order valence-corrected chi connectivity index (χ2v) is 4.95. The molecule has 0 bridgehead atoms. The van der Waals surface area contributed by atoms with Crippen LogP contribution in [0.1, 0.15) is 36.4 Å². The van der Waals surface area contributed by atoms with Crippen LogP contribution in [0.25, 0.3) is 0 Å². The van der Waals surface area contributed by atoms with Crippen molar-refractivity contribution in [3.63, 3.8) is 0 Å². The van der Waals surface area contributed by atoms with Crippen LogP contribution in [0.15, 0.2) is 5.38 Å². The molecule has 5 heteroatoms. The van der Waals surface area contributed by atoms with Crippen molar-refractivity contribution in [3.05, 3.63) is 16.1 Å². The number of amides is 2. The molecule has 0 radical (unpaired) electrons. The molecule has 2 amide bonds. The topological polar surface area (TPSA) is 59.1 Å². The lowest BCUT2D eigenvalue weighted by Crippen LogP contribution is -2.44. The second kappa shape index (κ2) is 4.33. The van der Waals surface area contributed by atoms with Crippen LogP contribution < -0.4 is 5.32 Å². The zero-order valence-corrected chi connectivity index (χ0v) is 10.1. The fourth-order valence-corrected chi connectivity index (χ4v) is 3.04. The van der Waals surface area contributed by atoms with E-state index in [1.807, 2.05) is 19.2 Å². The fraction of sp³-hybridized carbons (Fsp3) is 0.545. The average Bonchev–Trinajstić information content (AvgIpc) is 2.63. The van der Waals surface area contributed by atoms with Gasteiger partial charge in [0.15, 0.2) is 0 Å². The predicted octanol–water partition coefficient (Wildman–Crippen LogP) is 1.61. The molecule has 2 atom stereocenters. The summed E-state index contributed by atoms with van der Waals surface area (Å²) in [6, 6.07) is 0. The van der Waals surface area contributed by atoms with Gasteiger partial charge in [0, 0.05) is 29.3 Å². The highest BCUT2D eigenvalue weighted by molar-refractivity contribution is 7.09. The molecule has 0 aromatic carbocycles. The zero-order valence-electron chi connectivity index (χ0n) is 9.32. The molecule has 1 aromatic rings. The maximum absolute atomic E-state index is 11.7. The summed E-state index contributed by atoms with van der Waals surface area (Å²) in [4.78, 5) is 27.4. The van der Waals surface area contributed by atoms with E-state index in [0.29, 0.717) is 6.42 Å². The first kappa shape index (κ1) is 11.3. The highest BCUT2D eigenvalue weighted by Gasteiger charge is 2.36. The molecule has 1 aromatic heterocycles. The number of hydrogen-bond acceptors (Lipinski definition) is 4. The normalized spacial score (nSPS) is 25.6. The Kier molecular flexibility index (Phi) is 3.05. The maximum atomic E-state index is 11.7. The van der Waals surface area contributed by atoms with Crippen molar-refractivity contribution in [2.24, 2.45) is 5.92 Å². The van der Waals surface area contributed by atoms with E-state index in [1.54, 1.807) is 0 Å². The first-order valence-corrected chi connectivity index (χ1v) is 6.25. The standard InChI is InChI=1S/C11H14N2O2S/c1-3-7-8(4-9(14)13-10(7)15)11-12-6(2)5-16-11/h5,7-8H,3-4H2,1-2H3,(H,13,14,15). The van der Waals surface area contributed by atoms with Crippen LogP contribution in [0.4, 0.5) is 0 Å². The summed E-state index contributed by atoms with van der Waals surface area (Å²) in [6.07, 6.45) is 1.11. The van der Waals surface area contributed by atoms with Crippen molar-refractivity contribution < 1.29 is 9.59 Å². The van der Waals surface area contributed by atoms with Gasteiger partial charge in [-0.3, -0.25) is 14.9 Å². The Morgan fingerprint density at radius 1 is 1.56 bits per heavy atom. The van der Waals surface area contributed by atoms with Gasteiger partial charge >= 0.3 is 0 Å². The SMILES string of the molecule is CCC1C(=O)NC(=O)CC1c1nc(C)cs1. The Hall–Kier alpha value is -1.23. The quantitative estimate of drug-likeness (QED) is 0.796. The Bertz CT molecular complexity index is 427. The third-order valence-corrected chi connectivity index (χ3v) is 3.98. The molecule has 1 fully saturated rings. The Morgan fingerprint density at radius 2 is 2.31 bits per heavy atom. The Balaban J connectivity index is 2.29. The molecule has 16 heavy (non-hydrogen) atoms. The number of thiazole rings is 1. The van der Waals surface area contributed by atoms with Gasteiger partial charge in [0.1, 0.15) is 0 Å². The van der Waals surface area contributed by atoms with Crippen LogP contribution in [-0.2, 0) is 9.59 Å². The number of piperidine rings is 1. The molecule has 2 rings (SSSR count). The summed E-state index contributed by atoms with van der Waals surface area (Å²) in [7, 11) is 0. The molecular formula is C11H14N2O2S. The van der Waals surface area contributed by atoms with Crippen molar-refractivity contribution in [2.45, 2.75) is 32.6 Å². The van der Waals surface area contributed by atoms with Crippen molar-refractivity contribution >= 4 is 23.2 Å². The number of rotatable bonds is 2. The van der Waals surface area contributed by atoms with Gasteiger partial charge in [-0.2, -0.15) is 0 Å². The second-order valence-electron chi connectivity index (χ2n) is 4.06. The number of carbonyl (C=O) groups excluding carboxylic acids is 2. The molecule has 1 saturated heterocycles. The largest absolute Gasteiger partial charge is 0.296 e. The summed E-state index contributed by atoms with van der Waals surface area (Å²) in [6.45, 7) is 3.89. The van der Waals surface area contributed by atoms with E-state index < -0.39 is 0 Å². The van der Waals surface area contributed by atoms with Gasteiger partial charge < -0.3 is 0 Å². The number of aromatic nitrogens is 1. The molecule has 1 N–H and O–H groups in total. The molecule has 0 aliphatic carbocycles. The number of imide groups is 1. The van der Waals surface area contributed by atoms with E-state index in [4.69, 9.17) is 0 Å². The van der Waals surface area contributed by atoms with Crippen LogP contribution in [0.3, 0.4) is 0 Å². The third-order valence-electron chi connectivity index (χ3n) is 2.88. The Labute approximate surface area is 98.1 Å². The van der Waals surface area contributed by atoms with Gasteiger partial charge in [0.25, 0.3) is 0 Å². The van der Waals surface area contributed by atoms with Gasteiger partial charge in [-0.15, -0.1) is 11.3 Å². The smallest absolute Gasteiger partial charge is 0.230 e. The minimum absolute atomic E-state index is 0.0371. The molecule has 0 saturated carbocycles. The van der Waals surface area contributed by atoms with E-state index in [0.717, 1.165) is 17.1 Å². The molecule has 2 unspecified atom stereocenters. The van der Waals surface area contributed by atoms with Crippen LogP contribution in [0, 0.1) is 12.8 Å². The average molecular weight is 238 g/mol. The van der Waals surface area contributed by atoms with E-state index in [2.05, 4.69) is 10.3 Å². The number of nitrogens with zero attached hydrogens (tertiary/aromatic N) is 1. The van der Waals surface area contributed by atoms with Crippen molar-refractivity contribution in [1.82, 2.24) is 10.3 Å². The lowest BCUT2D eigenvalue weighted by Gasteiger charge is -2.27. The molecule has 1 aliphatic rings. The third kappa shape index (κ3) is 2.00. The van der Waals surface area contributed by atoms with Crippen molar-refractivity contribution in [2.75, 3.05) is 0 Å². The lowest BCUT2D eigenvalue weighted by atomic mass is 9.84. The molecule has 1 aliphatic heterocycles. The zero-order chi connectivity index (χ0) is 11.7. The van der Waals surface area contributed by atoms with Gasteiger partial charge in [-0.25, -0.2) is 4.98 Å². The summed E-state index contributed by atoms with van der Waals surface area (Å²) < 4.78 is 0. The molecule has 0 spiro atoms. The molecular weight excluding hydrogens is 224 g/mol. The van der Waals surface area contributed by atoms with Crippen molar-refractivity contribution in [3.8, 4) is 0 Å². The lowest BCUT2D eigenvalue weighted by molar-refractivity contribution is -0.137. The highest BCUT2D eigenvalue weighted by atomic mass is 32.1. The number of carbonyl (C=O) groups is 2.